The van der Waals surface area contributed by atoms with Crippen molar-refractivity contribution in [3.05, 3.63) is 88.7 Å². The zero-order chi connectivity index (χ0) is 43.1. The van der Waals surface area contributed by atoms with Gasteiger partial charge >= 0.3 is 18.3 Å². The monoisotopic (exact) mass is 824 g/mol. The summed E-state index contributed by atoms with van der Waals surface area (Å²) in [6, 6.07) is 17.5. The first-order chi connectivity index (χ1) is 27.1. The lowest BCUT2D eigenvalue weighted by atomic mass is 9.86. The fourth-order valence-electron chi connectivity index (χ4n) is 7.42. The third-order valence-electron chi connectivity index (χ3n) is 10.0. The molecule has 1 fully saturated rings. The first kappa shape index (κ1) is 45.8. The van der Waals surface area contributed by atoms with Crippen LogP contribution in [0, 0.1) is 24.6 Å². The lowest BCUT2D eigenvalue weighted by Gasteiger charge is -2.30. The van der Waals surface area contributed by atoms with Crippen molar-refractivity contribution in [3.8, 4) is 22.6 Å². The maximum absolute atomic E-state index is 14.1. The number of methoxy groups -OCH3 is 2. The SMILES string of the molecule is CC(=O)c1c(C)cc(N(CC(F)(F)F)CC(F)(F)F)cc1F.COc1ccc(CN2CCCC(F)C2)c(OC)c1-c1cccc2c(CC(C(=O)O)C(C)C)cccc12. The van der Waals surface area contributed by atoms with E-state index in [4.69, 9.17) is 9.47 Å². The van der Waals surface area contributed by atoms with Crippen molar-refractivity contribution in [2.24, 2.45) is 11.8 Å². The first-order valence-electron chi connectivity index (χ1n) is 18.7. The molecule has 2 unspecified atom stereocenters. The summed E-state index contributed by atoms with van der Waals surface area (Å²) < 4.78 is 114. The maximum atomic E-state index is 14.1. The Bertz CT molecular complexity index is 2030. The number of fused-ring (bicyclic) bond motifs is 1. The van der Waals surface area contributed by atoms with Crippen LogP contribution in [0.25, 0.3) is 21.9 Å². The van der Waals surface area contributed by atoms with Crippen molar-refractivity contribution in [1.29, 1.82) is 0 Å². The Kier molecular flexibility index (Phi) is 15.2. The number of benzene rings is 4. The molecule has 2 atom stereocenters. The number of carbonyl (C=O) groups is 2. The lowest BCUT2D eigenvalue weighted by Crippen LogP contribution is -2.40. The van der Waals surface area contributed by atoms with Crippen molar-refractivity contribution in [2.75, 3.05) is 45.3 Å². The number of piperidine rings is 1. The van der Waals surface area contributed by atoms with Crippen molar-refractivity contribution >= 4 is 28.2 Å². The molecule has 0 bridgehead atoms. The Morgan fingerprint density at radius 3 is 2.09 bits per heavy atom. The summed E-state index contributed by atoms with van der Waals surface area (Å²) in [4.78, 5) is 25.2. The van der Waals surface area contributed by atoms with Crippen molar-refractivity contribution in [2.45, 2.75) is 72.0 Å². The van der Waals surface area contributed by atoms with Gasteiger partial charge in [-0.2, -0.15) is 26.3 Å². The number of rotatable bonds is 13. The van der Waals surface area contributed by atoms with Crippen LogP contribution in [0.1, 0.15) is 60.7 Å². The summed E-state index contributed by atoms with van der Waals surface area (Å²) in [5, 5.41) is 11.8. The number of carboxylic acids is 1. The summed E-state index contributed by atoms with van der Waals surface area (Å²) in [5.74, 6) is -1.62. The predicted molar refractivity (Wildman–Crippen MR) is 207 cm³/mol. The van der Waals surface area contributed by atoms with Crippen LogP contribution in [-0.2, 0) is 17.8 Å². The lowest BCUT2D eigenvalue weighted by molar-refractivity contribution is -0.143. The van der Waals surface area contributed by atoms with Gasteiger partial charge in [0.25, 0.3) is 0 Å². The number of ether oxygens (including phenoxy) is 2. The number of carbonyl (C=O) groups excluding carboxylic acids is 1. The summed E-state index contributed by atoms with van der Waals surface area (Å²) >= 11 is 0. The molecule has 0 spiro atoms. The van der Waals surface area contributed by atoms with Crippen LogP contribution >= 0.6 is 0 Å². The second-order valence-corrected chi connectivity index (χ2v) is 14.8. The Hall–Kier alpha value is -4.92. The van der Waals surface area contributed by atoms with E-state index in [0.717, 1.165) is 64.7 Å². The Morgan fingerprint density at radius 1 is 0.914 bits per heavy atom. The standard InChI is InChI=1S/C30H36FNO4.C13H12F7NO/c1-19(2)26(30(33)34)16-20-8-5-11-24-23(20)10-6-12-25(24)28-27(35-3)14-13-21(29(28)36-4)17-32-15-7-9-22(31)18-32;1-7-3-9(4-10(14)11(7)8(2)22)21(5-12(15,16)17)6-13(18,19)20/h5-6,8,10-14,19,22,26H,7,9,15-18H2,1-4H3,(H,33,34);3-4H,5-6H2,1-2H3. The van der Waals surface area contributed by atoms with Gasteiger partial charge in [-0.05, 0) is 91.2 Å². The van der Waals surface area contributed by atoms with Gasteiger partial charge in [0.15, 0.2) is 5.78 Å². The zero-order valence-electron chi connectivity index (χ0n) is 33.2. The van der Waals surface area contributed by atoms with Gasteiger partial charge in [-0.1, -0.05) is 56.3 Å². The molecule has 0 amide bonds. The van der Waals surface area contributed by atoms with Crippen LogP contribution in [0.2, 0.25) is 0 Å². The highest BCUT2D eigenvalue weighted by Gasteiger charge is 2.38. The summed E-state index contributed by atoms with van der Waals surface area (Å²) in [7, 11) is 3.31. The fraction of sp³-hybridized carbons (Fsp3) is 0.442. The van der Waals surface area contributed by atoms with Crippen LogP contribution in [-0.4, -0.2) is 80.7 Å². The minimum absolute atomic E-state index is 0.0246. The molecule has 58 heavy (non-hydrogen) atoms. The third-order valence-corrected chi connectivity index (χ3v) is 10.0. The largest absolute Gasteiger partial charge is 0.496 e. The molecule has 0 aromatic heterocycles. The number of hydrogen-bond acceptors (Lipinski definition) is 6. The second kappa shape index (κ2) is 19.2. The molecule has 15 heteroatoms. The van der Waals surface area contributed by atoms with E-state index in [-0.39, 0.29) is 21.9 Å². The number of nitrogens with zero attached hydrogens (tertiary/aromatic N) is 2. The Balaban J connectivity index is 0.000000291. The van der Waals surface area contributed by atoms with Gasteiger partial charge in [0.1, 0.15) is 36.6 Å². The van der Waals surface area contributed by atoms with Gasteiger partial charge in [0.2, 0.25) is 0 Å². The van der Waals surface area contributed by atoms with Crippen molar-refractivity contribution in [1.82, 2.24) is 4.90 Å². The number of halogens is 8. The molecule has 5 rings (SSSR count). The molecule has 316 valence electrons. The van der Waals surface area contributed by atoms with E-state index in [1.807, 2.05) is 56.3 Å². The quantitative estimate of drug-likeness (QED) is 0.106. The number of alkyl halides is 7. The highest BCUT2D eigenvalue weighted by molar-refractivity contribution is 6.01. The van der Waals surface area contributed by atoms with Crippen molar-refractivity contribution < 1.29 is 59.3 Å². The van der Waals surface area contributed by atoms with Crippen LogP contribution in [0.15, 0.2) is 60.7 Å². The number of aryl methyl sites for hydroxylation is 1. The summed E-state index contributed by atoms with van der Waals surface area (Å²) in [6.07, 6.45) is -8.64. The molecule has 1 saturated heterocycles. The average molecular weight is 825 g/mol. The number of ketones is 1. The molecule has 0 saturated carbocycles. The van der Waals surface area contributed by atoms with Crippen LogP contribution in [0.3, 0.4) is 0 Å². The van der Waals surface area contributed by atoms with E-state index in [9.17, 15) is 49.8 Å². The minimum Gasteiger partial charge on any atom is -0.496 e. The second-order valence-electron chi connectivity index (χ2n) is 14.8. The Labute approximate surface area is 332 Å². The van der Waals surface area contributed by atoms with Gasteiger partial charge < -0.3 is 19.5 Å². The van der Waals surface area contributed by atoms with E-state index in [2.05, 4.69) is 11.0 Å². The molecular formula is C43H48F8N2O5. The van der Waals surface area contributed by atoms with E-state index >= 15 is 0 Å². The van der Waals surface area contributed by atoms with Gasteiger partial charge in [0, 0.05) is 24.3 Å². The van der Waals surface area contributed by atoms with Gasteiger partial charge in [-0.3, -0.25) is 14.5 Å². The molecule has 0 radical (unpaired) electrons. The molecule has 1 N–H and O–H groups in total. The minimum atomic E-state index is -4.89. The van der Waals surface area contributed by atoms with Crippen LogP contribution in [0.5, 0.6) is 11.5 Å². The molecule has 4 aromatic carbocycles. The van der Waals surface area contributed by atoms with E-state index in [0.29, 0.717) is 37.7 Å². The van der Waals surface area contributed by atoms with E-state index < -0.39 is 60.8 Å². The average Bonchev–Trinajstić information content (AvgIpc) is 3.11. The Morgan fingerprint density at radius 2 is 1.55 bits per heavy atom. The molecular weight excluding hydrogens is 776 g/mol. The number of anilines is 1. The predicted octanol–water partition coefficient (Wildman–Crippen LogP) is 10.6. The maximum Gasteiger partial charge on any atom is 0.405 e. The molecule has 1 aliphatic heterocycles. The summed E-state index contributed by atoms with van der Waals surface area (Å²) in [6.45, 7) is 4.32. The molecule has 4 aromatic rings. The van der Waals surface area contributed by atoms with E-state index in [1.54, 1.807) is 14.2 Å². The van der Waals surface area contributed by atoms with E-state index in [1.165, 1.54) is 6.92 Å². The third kappa shape index (κ3) is 11.8. The number of hydrogen-bond donors (Lipinski definition) is 1. The van der Waals surface area contributed by atoms with Gasteiger partial charge in [0.05, 0.1) is 31.3 Å². The topological polar surface area (TPSA) is 79.3 Å². The number of carboxylic acid groups (broad SMARTS) is 1. The zero-order valence-corrected chi connectivity index (χ0v) is 33.2. The number of aliphatic carboxylic acids is 1. The van der Waals surface area contributed by atoms with Gasteiger partial charge in [-0.15, -0.1) is 0 Å². The number of Topliss-reactive ketones (excluding diaryl/α,β-unsaturated/α-hetero) is 1. The smallest absolute Gasteiger partial charge is 0.405 e. The summed E-state index contributed by atoms with van der Waals surface area (Å²) in [5.41, 5.74) is 2.83. The van der Waals surface area contributed by atoms with Crippen LogP contribution in [0.4, 0.5) is 40.8 Å². The van der Waals surface area contributed by atoms with Gasteiger partial charge in [-0.25, -0.2) is 8.78 Å². The number of likely N-dealkylation sites (tertiary alicyclic amines) is 1. The van der Waals surface area contributed by atoms with Crippen molar-refractivity contribution in [3.63, 3.8) is 0 Å². The fourth-order valence-corrected chi connectivity index (χ4v) is 7.42. The molecule has 1 heterocycles. The normalized spacial score (nSPS) is 15.5. The highest BCUT2D eigenvalue weighted by Crippen LogP contribution is 2.45. The molecule has 1 aliphatic rings. The van der Waals surface area contributed by atoms with Crippen LogP contribution < -0.4 is 14.4 Å². The molecule has 7 nitrogen and oxygen atoms in total. The highest BCUT2D eigenvalue weighted by atomic mass is 19.4. The first-order valence-corrected chi connectivity index (χ1v) is 18.7. The molecule has 0 aliphatic carbocycles.